The summed E-state index contributed by atoms with van der Waals surface area (Å²) in [6, 6.07) is 0. The Kier molecular flexibility index (Phi) is 3.61. The lowest BCUT2D eigenvalue weighted by molar-refractivity contribution is 0.0522. The van der Waals surface area contributed by atoms with Gasteiger partial charge >= 0.3 is 5.97 Å². The number of rotatable bonds is 4. The number of ether oxygens (including phenoxy) is 2. The van der Waals surface area contributed by atoms with Crippen LogP contribution < -0.4 is 10.1 Å². The molecular formula is C11H14N4O3. The summed E-state index contributed by atoms with van der Waals surface area (Å²) in [7, 11) is 1.45. The van der Waals surface area contributed by atoms with Gasteiger partial charge in [-0.05, 0) is 6.92 Å². The molecule has 96 valence electrons. The molecule has 0 fully saturated rings. The van der Waals surface area contributed by atoms with Gasteiger partial charge in [-0.25, -0.2) is 14.5 Å². The number of esters is 1. The van der Waals surface area contributed by atoms with E-state index in [1.807, 2.05) is 0 Å². The van der Waals surface area contributed by atoms with Crippen LogP contribution in [0.3, 0.4) is 0 Å². The van der Waals surface area contributed by atoms with Gasteiger partial charge in [-0.3, -0.25) is 0 Å². The van der Waals surface area contributed by atoms with E-state index in [9.17, 15) is 4.79 Å². The van der Waals surface area contributed by atoms with Crippen molar-refractivity contribution in [2.45, 2.75) is 6.92 Å². The first-order valence-electron chi connectivity index (χ1n) is 5.53. The van der Waals surface area contributed by atoms with Gasteiger partial charge in [0, 0.05) is 19.0 Å². The Morgan fingerprint density at radius 3 is 3.06 bits per heavy atom. The quantitative estimate of drug-likeness (QED) is 0.787. The number of methoxy groups -OCH3 is 1. The molecule has 0 aromatic carbocycles. The minimum atomic E-state index is -0.464. The third-order valence-electron chi connectivity index (χ3n) is 2.27. The molecule has 0 spiro atoms. The number of aliphatic imine (C=N–C) groups is 1. The van der Waals surface area contributed by atoms with Gasteiger partial charge in [-0.15, -0.1) is 5.10 Å². The molecule has 0 saturated carbocycles. The molecule has 7 nitrogen and oxygen atoms in total. The zero-order valence-corrected chi connectivity index (χ0v) is 10.2. The van der Waals surface area contributed by atoms with Gasteiger partial charge in [-0.2, -0.15) is 0 Å². The standard InChI is InChI=1S/C11H14N4O3/c1-3-18-11(16)8-7-15(14-10(8)17-2)9-6-12-4-5-13-9/h5-7,12H,3-4H2,1-2H3. The first-order valence-corrected chi connectivity index (χ1v) is 5.53. The Hall–Kier alpha value is -2.31. The highest BCUT2D eigenvalue weighted by atomic mass is 16.5. The molecular weight excluding hydrogens is 236 g/mol. The Labute approximate surface area is 104 Å². The van der Waals surface area contributed by atoms with Crippen molar-refractivity contribution in [3.8, 4) is 5.88 Å². The van der Waals surface area contributed by atoms with Crippen LogP contribution >= 0.6 is 0 Å². The number of nitrogens with one attached hydrogen (secondary N) is 1. The monoisotopic (exact) mass is 250 g/mol. The third-order valence-corrected chi connectivity index (χ3v) is 2.27. The second-order valence-electron chi connectivity index (χ2n) is 3.44. The van der Waals surface area contributed by atoms with E-state index in [1.54, 1.807) is 19.3 Å². The van der Waals surface area contributed by atoms with Crippen molar-refractivity contribution in [3.05, 3.63) is 18.0 Å². The fraction of sp³-hybridized carbons (Fsp3) is 0.364. The van der Waals surface area contributed by atoms with Gasteiger partial charge in [0.05, 0.1) is 19.9 Å². The molecule has 1 aromatic heterocycles. The summed E-state index contributed by atoms with van der Waals surface area (Å²) in [6.07, 6.45) is 4.96. The fourth-order valence-electron chi connectivity index (χ4n) is 1.48. The van der Waals surface area contributed by atoms with Gasteiger partial charge in [0.15, 0.2) is 5.82 Å². The molecule has 1 aliphatic rings. The molecule has 0 atom stereocenters. The summed E-state index contributed by atoms with van der Waals surface area (Å²) in [5, 5.41) is 7.13. The van der Waals surface area contributed by atoms with Crippen LogP contribution in [-0.2, 0) is 4.74 Å². The van der Waals surface area contributed by atoms with Crippen molar-refractivity contribution in [2.24, 2.45) is 4.99 Å². The van der Waals surface area contributed by atoms with E-state index in [0.717, 1.165) is 0 Å². The van der Waals surface area contributed by atoms with Crippen molar-refractivity contribution >= 4 is 18.0 Å². The summed E-state index contributed by atoms with van der Waals surface area (Å²) < 4.78 is 11.4. The molecule has 0 radical (unpaired) electrons. The van der Waals surface area contributed by atoms with Crippen LogP contribution in [0.2, 0.25) is 0 Å². The average Bonchev–Trinajstić information content (AvgIpc) is 2.84. The summed E-state index contributed by atoms with van der Waals surface area (Å²) >= 11 is 0. The number of carbonyl (C=O) groups excluding carboxylic acids is 1. The summed E-state index contributed by atoms with van der Waals surface area (Å²) in [5.41, 5.74) is 0.279. The van der Waals surface area contributed by atoms with E-state index < -0.39 is 5.97 Å². The Morgan fingerprint density at radius 2 is 2.44 bits per heavy atom. The molecule has 1 N–H and O–H groups in total. The average molecular weight is 250 g/mol. The topological polar surface area (TPSA) is 77.7 Å². The van der Waals surface area contributed by atoms with Crippen LogP contribution in [0.1, 0.15) is 17.3 Å². The smallest absolute Gasteiger partial charge is 0.345 e. The molecule has 0 saturated heterocycles. The van der Waals surface area contributed by atoms with E-state index in [0.29, 0.717) is 19.0 Å². The summed E-state index contributed by atoms with van der Waals surface area (Å²) in [5.74, 6) is 0.333. The summed E-state index contributed by atoms with van der Waals surface area (Å²) in [6.45, 7) is 2.72. The van der Waals surface area contributed by atoms with Gasteiger partial charge < -0.3 is 14.8 Å². The van der Waals surface area contributed by atoms with E-state index in [-0.39, 0.29) is 11.4 Å². The number of nitrogens with zero attached hydrogens (tertiary/aromatic N) is 3. The minimum Gasteiger partial charge on any atom is -0.479 e. The Balaban J connectivity index is 2.31. The Bertz CT molecular complexity index is 504. The highest BCUT2D eigenvalue weighted by Gasteiger charge is 2.19. The van der Waals surface area contributed by atoms with Crippen molar-refractivity contribution in [1.82, 2.24) is 15.1 Å². The van der Waals surface area contributed by atoms with Gasteiger partial charge in [0.1, 0.15) is 5.56 Å². The minimum absolute atomic E-state index is 0.218. The lowest BCUT2D eigenvalue weighted by Gasteiger charge is -2.06. The van der Waals surface area contributed by atoms with Gasteiger partial charge in [0.2, 0.25) is 5.88 Å². The number of carbonyl (C=O) groups is 1. The molecule has 0 aliphatic carbocycles. The molecule has 2 rings (SSSR count). The van der Waals surface area contributed by atoms with Crippen molar-refractivity contribution in [2.75, 3.05) is 20.3 Å². The maximum atomic E-state index is 11.7. The first-order chi connectivity index (χ1) is 8.76. The number of hydrogen-bond donors (Lipinski definition) is 1. The Morgan fingerprint density at radius 1 is 1.61 bits per heavy atom. The maximum absolute atomic E-state index is 11.7. The predicted octanol–water partition coefficient (Wildman–Crippen LogP) is 0.498. The highest BCUT2D eigenvalue weighted by Crippen LogP contribution is 2.19. The number of aromatic nitrogens is 2. The second-order valence-corrected chi connectivity index (χ2v) is 3.44. The van der Waals surface area contributed by atoms with E-state index in [4.69, 9.17) is 9.47 Å². The molecule has 7 heteroatoms. The summed E-state index contributed by atoms with van der Waals surface area (Å²) in [4.78, 5) is 15.9. The van der Waals surface area contributed by atoms with E-state index in [2.05, 4.69) is 15.4 Å². The fourth-order valence-corrected chi connectivity index (χ4v) is 1.48. The van der Waals surface area contributed by atoms with Crippen LogP contribution in [-0.4, -0.2) is 42.2 Å². The largest absolute Gasteiger partial charge is 0.479 e. The number of hydrogen-bond acceptors (Lipinski definition) is 6. The zero-order valence-electron chi connectivity index (χ0n) is 10.2. The molecule has 2 heterocycles. The molecule has 18 heavy (non-hydrogen) atoms. The molecule has 0 amide bonds. The van der Waals surface area contributed by atoms with Crippen LogP contribution in [0.15, 0.2) is 17.4 Å². The maximum Gasteiger partial charge on any atom is 0.345 e. The molecule has 1 aliphatic heterocycles. The third kappa shape index (κ3) is 2.34. The van der Waals surface area contributed by atoms with Crippen LogP contribution in [0.25, 0.3) is 5.82 Å². The van der Waals surface area contributed by atoms with E-state index in [1.165, 1.54) is 18.0 Å². The highest BCUT2D eigenvalue weighted by molar-refractivity contribution is 5.92. The predicted molar refractivity (Wildman–Crippen MR) is 65.5 cm³/mol. The lowest BCUT2D eigenvalue weighted by Crippen LogP contribution is -2.15. The SMILES string of the molecule is CCOC(=O)c1cn(C2=CNCC=N2)nc1OC. The zero-order chi connectivity index (χ0) is 13.0. The van der Waals surface area contributed by atoms with Crippen LogP contribution in [0.5, 0.6) is 5.88 Å². The molecule has 1 aromatic rings. The van der Waals surface area contributed by atoms with Gasteiger partial charge in [0.25, 0.3) is 0 Å². The lowest BCUT2D eigenvalue weighted by atomic mass is 10.3. The van der Waals surface area contributed by atoms with Gasteiger partial charge in [-0.1, -0.05) is 0 Å². The van der Waals surface area contributed by atoms with Crippen molar-refractivity contribution < 1.29 is 14.3 Å². The van der Waals surface area contributed by atoms with Crippen molar-refractivity contribution in [3.63, 3.8) is 0 Å². The molecule has 0 bridgehead atoms. The van der Waals surface area contributed by atoms with Crippen LogP contribution in [0.4, 0.5) is 0 Å². The second kappa shape index (κ2) is 5.35. The van der Waals surface area contributed by atoms with Crippen LogP contribution in [0, 0.1) is 0 Å². The van der Waals surface area contributed by atoms with Crippen molar-refractivity contribution in [1.29, 1.82) is 0 Å². The van der Waals surface area contributed by atoms with E-state index >= 15 is 0 Å². The normalized spacial score (nSPS) is 13.8. The molecule has 0 unspecified atom stereocenters. The first kappa shape index (κ1) is 12.2.